The van der Waals surface area contributed by atoms with Gasteiger partial charge in [0.05, 0.1) is 19.8 Å². The quantitative estimate of drug-likeness (QED) is 0.781. The summed E-state index contributed by atoms with van der Waals surface area (Å²) in [5.41, 5.74) is 0. The molecule has 1 N–H and O–H groups in total. The Kier molecular flexibility index (Phi) is 3.09. The molecule has 2 aliphatic heterocycles. The Balaban J connectivity index is 1.83. The highest BCUT2D eigenvalue weighted by Gasteiger charge is 2.28. The lowest BCUT2D eigenvalue weighted by molar-refractivity contribution is -0.0952. The molecule has 0 spiro atoms. The summed E-state index contributed by atoms with van der Waals surface area (Å²) in [6.07, 6.45) is 1.75. The third-order valence-corrected chi connectivity index (χ3v) is 3.44. The van der Waals surface area contributed by atoms with Gasteiger partial charge in [-0.3, -0.25) is 0 Å². The molecule has 0 aromatic carbocycles. The average molecular weight is 239 g/mol. The van der Waals surface area contributed by atoms with E-state index in [1.807, 2.05) is 0 Å². The molecule has 0 amide bonds. The highest BCUT2D eigenvalue weighted by molar-refractivity contribution is 5.03. The number of aliphatic hydroxyl groups is 1. The first-order valence-electron chi connectivity index (χ1n) is 6.10. The minimum atomic E-state index is -0.109. The fourth-order valence-corrected chi connectivity index (χ4v) is 2.44. The van der Waals surface area contributed by atoms with Crippen LogP contribution in [0.15, 0.2) is 0 Å². The zero-order valence-corrected chi connectivity index (χ0v) is 9.71. The number of nitrogens with zero attached hydrogens (tertiary/aromatic N) is 3. The van der Waals surface area contributed by atoms with E-state index in [4.69, 9.17) is 9.47 Å². The average Bonchev–Trinajstić information content (AvgIpc) is 2.82. The number of aliphatic hydroxyl groups excluding tert-OH is 1. The van der Waals surface area contributed by atoms with E-state index >= 15 is 0 Å². The van der Waals surface area contributed by atoms with E-state index in [-0.39, 0.29) is 12.7 Å². The van der Waals surface area contributed by atoms with Gasteiger partial charge in [-0.2, -0.15) is 0 Å². The summed E-state index contributed by atoms with van der Waals surface area (Å²) in [7, 11) is 0. The number of aryl methyl sites for hydroxylation is 1. The summed E-state index contributed by atoms with van der Waals surface area (Å²) < 4.78 is 13.1. The van der Waals surface area contributed by atoms with Gasteiger partial charge < -0.3 is 19.1 Å². The van der Waals surface area contributed by atoms with Gasteiger partial charge in [0, 0.05) is 25.5 Å². The summed E-state index contributed by atoms with van der Waals surface area (Å²) in [5.74, 6) is 2.15. The van der Waals surface area contributed by atoms with Crippen molar-refractivity contribution >= 4 is 0 Å². The third kappa shape index (κ3) is 2.08. The summed E-state index contributed by atoms with van der Waals surface area (Å²) in [6.45, 7) is 2.81. The van der Waals surface area contributed by atoms with Crippen LogP contribution >= 0.6 is 0 Å². The van der Waals surface area contributed by atoms with E-state index in [0.717, 1.165) is 31.0 Å². The lowest BCUT2D eigenvalue weighted by Crippen LogP contribution is -2.29. The topological polar surface area (TPSA) is 69.4 Å². The van der Waals surface area contributed by atoms with Gasteiger partial charge in [-0.25, -0.2) is 0 Å². The Morgan fingerprint density at radius 1 is 1.35 bits per heavy atom. The Morgan fingerprint density at radius 2 is 2.29 bits per heavy atom. The van der Waals surface area contributed by atoms with Crippen LogP contribution in [0.2, 0.25) is 0 Å². The van der Waals surface area contributed by atoms with Crippen molar-refractivity contribution in [3.63, 3.8) is 0 Å². The van der Waals surface area contributed by atoms with Crippen molar-refractivity contribution in [1.29, 1.82) is 0 Å². The lowest BCUT2D eigenvalue weighted by atomic mass is 10.0. The number of hydrogen-bond acceptors (Lipinski definition) is 5. The molecule has 1 aromatic heterocycles. The van der Waals surface area contributed by atoms with Gasteiger partial charge >= 0.3 is 0 Å². The molecule has 94 valence electrons. The predicted octanol–water partition coefficient (Wildman–Crippen LogP) is -0.0793. The van der Waals surface area contributed by atoms with Gasteiger partial charge in [0.25, 0.3) is 0 Å². The monoisotopic (exact) mass is 239 g/mol. The molecule has 2 aliphatic rings. The Labute approximate surface area is 99.6 Å². The van der Waals surface area contributed by atoms with Crippen LogP contribution in [0.3, 0.4) is 0 Å². The summed E-state index contributed by atoms with van der Waals surface area (Å²) >= 11 is 0. The molecular formula is C11H17N3O3. The fraction of sp³-hybridized carbons (Fsp3) is 0.818. The zero-order valence-electron chi connectivity index (χ0n) is 9.71. The smallest absolute Gasteiger partial charge is 0.164 e. The molecule has 3 heterocycles. The molecule has 6 nitrogen and oxygen atoms in total. The van der Waals surface area contributed by atoms with Crippen molar-refractivity contribution in [2.24, 2.45) is 5.92 Å². The number of ether oxygens (including phenoxy) is 2. The second-order valence-corrected chi connectivity index (χ2v) is 4.61. The van der Waals surface area contributed by atoms with E-state index in [1.165, 1.54) is 0 Å². The standard InChI is InChI=1S/C11H17N3O3/c15-6-8-1-2-10-12-13-11(14(10)5-8)9-7-16-3-4-17-9/h8-9,15H,1-7H2. The van der Waals surface area contributed by atoms with Gasteiger partial charge in [-0.15, -0.1) is 10.2 Å². The normalized spacial score (nSPS) is 29.0. The fourth-order valence-electron chi connectivity index (χ4n) is 2.44. The lowest BCUT2D eigenvalue weighted by Gasteiger charge is -2.26. The molecule has 0 aliphatic carbocycles. The van der Waals surface area contributed by atoms with Crippen molar-refractivity contribution in [2.75, 3.05) is 26.4 Å². The maximum Gasteiger partial charge on any atom is 0.164 e. The minimum Gasteiger partial charge on any atom is -0.396 e. The molecule has 0 saturated carbocycles. The largest absolute Gasteiger partial charge is 0.396 e. The number of rotatable bonds is 2. The minimum absolute atomic E-state index is 0.109. The molecule has 1 saturated heterocycles. The molecule has 1 fully saturated rings. The highest BCUT2D eigenvalue weighted by atomic mass is 16.6. The first-order valence-corrected chi connectivity index (χ1v) is 6.10. The van der Waals surface area contributed by atoms with Crippen LogP contribution in [0, 0.1) is 5.92 Å². The Hall–Kier alpha value is -0.980. The van der Waals surface area contributed by atoms with Gasteiger partial charge in [0.2, 0.25) is 0 Å². The molecule has 3 rings (SSSR count). The van der Waals surface area contributed by atoms with E-state index in [0.29, 0.717) is 25.7 Å². The molecular weight excluding hydrogens is 222 g/mol. The first-order chi connectivity index (χ1) is 8.38. The maximum atomic E-state index is 9.25. The zero-order chi connectivity index (χ0) is 11.7. The van der Waals surface area contributed by atoms with Crippen LogP contribution in [-0.4, -0.2) is 46.3 Å². The SMILES string of the molecule is OCC1CCc2nnc(C3COCCO3)n2C1. The summed E-state index contributed by atoms with van der Waals surface area (Å²) in [5, 5.41) is 17.7. The van der Waals surface area contributed by atoms with Crippen LogP contribution in [-0.2, 0) is 22.4 Å². The number of aromatic nitrogens is 3. The van der Waals surface area contributed by atoms with Crippen molar-refractivity contribution < 1.29 is 14.6 Å². The second kappa shape index (κ2) is 4.72. The van der Waals surface area contributed by atoms with Crippen LogP contribution < -0.4 is 0 Å². The number of fused-ring (bicyclic) bond motifs is 1. The maximum absolute atomic E-state index is 9.25. The van der Waals surface area contributed by atoms with E-state index in [2.05, 4.69) is 14.8 Å². The first kappa shape index (κ1) is 11.1. The van der Waals surface area contributed by atoms with Crippen molar-refractivity contribution in [3.8, 4) is 0 Å². The molecule has 0 bridgehead atoms. The van der Waals surface area contributed by atoms with Crippen LogP contribution in [0.4, 0.5) is 0 Å². The second-order valence-electron chi connectivity index (χ2n) is 4.61. The molecule has 2 unspecified atom stereocenters. The molecule has 6 heteroatoms. The van der Waals surface area contributed by atoms with Crippen molar-refractivity contribution in [2.45, 2.75) is 25.5 Å². The Bertz CT molecular complexity index is 387. The molecule has 17 heavy (non-hydrogen) atoms. The van der Waals surface area contributed by atoms with E-state index < -0.39 is 0 Å². The van der Waals surface area contributed by atoms with Gasteiger partial charge in [-0.05, 0) is 6.42 Å². The number of hydrogen-bond donors (Lipinski definition) is 1. The van der Waals surface area contributed by atoms with Crippen LogP contribution in [0.25, 0.3) is 0 Å². The van der Waals surface area contributed by atoms with Gasteiger partial charge in [0.1, 0.15) is 11.9 Å². The highest BCUT2D eigenvalue weighted by Crippen LogP contribution is 2.25. The van der Waals surface area contributed by atoms with Crippen molar-refractivity contribution in [1.82, 2.24) is 14.8 Å². The van der Waals surface area contributed by atoms with Crippen LogP contribution in [0.1, 0.15) is 24.2 Å². The Morgan fingerprint density at radius 3 is 3.06 bits per heavy atom. The van der Waals surface area contributed by atoms with Gasteiger partial charge in [-0.1, -0.05) is 0 Å². The summed E-state index contributed by atoms with van der Waals surface area (Å²) in [6, 6.07) is 0. The third-order valence-electron chi connectivity index (χ3n) is 3.44. The molecule has 2 atom stereocenters. The van der Waals surface area contributed by atoms with E-state index in [9.17, 15) is 5.11 Å². The summed E-state index contributed by atoms with van der Waals surface area (Å²) in [4.78, 5) is 0. The van der Waals surface area contributed by atoms with Crippen LogP contribution in [0.5, 0.6) is 0 Å². The van der Waals surface area contributed by atoms with Crippen molar-refractivity contribution in [3.05, 3.63) is 11.6 Å². The van der Waals surface area contributed by atoms with E-state index in [1.54, 1.807) is 0 Å². The predicted molar refractivity (Wildman–Crippen MR) is 58.4 cm³/mol. The van der Waals surface area contributed by atoms with Gasteiger partial charge in [0.15, 0.2) is 5.82 Å². The molecule has 0 radical (unpaired) electrons. The molecule has 1 aromatic rings.